The summed E-state index contributed by atoms with van der Waals surface area (Å²) in [5, 5.41) is 0. The Morgan fingerprint density at radius 2 is 2.00 bits per heavy atom. The molecule has 0 radical (unpaired) electrons. The van der Waals surface area contributed by atoms with E-state index in [0.717, 1.165) is 12.8 Å². The summed E-state index contributed by atoms with van der Waals surface area (Å²) in [6, 6.07) is 6.34. The van der Waals surface area contributed by atoms with E-state index < -0.39 is 11.7 Å². The van der Waals surface area contributed by atoms with Gasteiger partial charge in [-0.2, -0.15) is 0 Å². The molecule has 1 saturated heterocycles. The number of carbonyl (C=O) groups is 1. The van der Waals surface area contributed by atoms with Crippen LogP contribution in [-0.2, 0) is 4.79 Å². The van der Waals surface area contributed by atoms with E-state index in [-0.39, 0.29) is 23.5 Å². The van der Waals surface area contributed by atoms with Crippen molar-refractivity contribution in [1.29, 1.82) is 0 Å². The van der Waals surface area contributed by atoms with Gasteiger partial charge in [0, 0.05) is 25.0 Å². The number of aromatic nitrogens is 4. The predicted molar refractivity (Wildman–Crippen MR) is 122 cm³/mol. The summed E-state index contributed by atoms with van der Waals surface area (Å²) in [7, 11) is 0. The normalized spacial score (nSPS) is 14.5. The first kappa shape index (κ1) is 22.1. The van der Waals surface area contributed by atoms with Gasteiger partial charge in [-0.3, -0.25) is 4.79 Å². The summed E-state index contributed by atoms with van der Waals surface area (Å²) in [4.78, 5) is 29.7. The van der Waals surface area contributed by atoms with Crippen molar-refractivity contribution in [3.8, 4) is 22.9 Å². The highest BCUT2D eigenvalue weighted by molar-refractivity contribution is 5.86. The van der Waals surface area contributed by atoms with Gasteiger partial charge in [0.05, 0.1) is 5.56 Å². The van der Waals surface area contributed by atoms with E-state index in [2.05, 4.69) is 24.8 Å². The molecule has 1 aliphatic rings. The van der Waals surface area contributed by atoms with Crippen LogP contribution in [0.2, 0.25) is 0 Å². The second-order valence-electron chi connectivity index (χ2n) is 7.77. The highest BCUT2D eigenvalue weighted by atomic mass is 19.1. The number of ether oxygens (including phenoxy) is 1. The average Bonchev–Trinajstić information content (AvgIpc) is 2.79. The number of nitrogen functional groups attached to an aromatic ring is 1. The van der Waals surface area contributed by atoms with Crippen molar-refractivity contribution < 1.29 is 13.9 Å². The Labute approximate surface area is 190 Å². The number of carbonyl (C=O) groups excluding carboxylic acids is 1. The maximum atomic E-state index is 14.9. The monoisotopic (exact) mass is 449 g/mol. The molecular formula is C23H24FN7O2. The number of aryl methyl sites for hydroxylation is 1. The van der Waals surface area contributed by atoms with Gasteiger partial charge in [-0.25, -0.2) is 24.3 Å². The summed E-state index contributed by atoms with van der Waals surface area (Å²) in [5.41, 5.74) is 13.2. The summed E-state index contributed by atoms with van der Waals surface area (Å²) in [5.74, 6) is 0.118. The van der Waals surface area contributed by atoms with Gasteiger partial charge >= 0.3 is 6.01 Å². The fourth-order valence-electron chi connectivity index (χ4n) is 3.75. The van der Waals surface area contributed by atoms with Crippen LogP contribution in [0.1, 0.15) is 18.5 Å². The van der Waals surface area contributed by atoms with E-state index >= 15 is 0 Å². The lowest BCUT2D eigenvalue weighted by Gasteiger charge is -2.33. The number of nitrogens with zero attached hydrogens (tertiary/aromatic N) is 5. The highest BCUT2D eigenvalue weighted by Crippen LogP contribution is 2.37. The fourth-order valence-corrected chi connectivity index (χ4v) is 3.75. The summed E-state index contributed by atoms with van der Waals surface area (Å²) in [6.45, 7) is 3.20. The molecular weight excluding hydrogens is 425 g/mol. The maximum absolute atomic E-state index is 14.9. The summed E-state index contributed by atoms with van der Waals surface area (Å²) < 4.78 is 20.4. The minimum Gasteiger partial charge on any atom is -0.421 e. The van der Waals surface area contributed by atoms with E-state index in [0.29, 0.717) is 35.7 Å². The van der Waals surface area contributed by atoms with E-state index in [9.17, 15) is 9.18 Å². The molecule has 1 aliphatic heterocycles. The van der Waals surface area contributed by atoms with Crippen LogP contribution in [-0.4, -0.2) is 38.9 Å². The first-order valence-electron chi connectivity index (χ1n) is 10.5. The number of anilines is 2. The Balaban J connectivity index is 1.57. The van der Waals surface area contributed by atoms with E-state index in [4.69, 9.17) is 16.2 Å². The molecule has 2 aromatic heterocycles. The third kappa shape index (κ3) is 5.22. The number of rotatable bonds is 6. The molecule has 3 heterocycles. The van der Waals surface area contributed by atoms with Crippen LogP contribution in [0, 0.1) is 18.7 Å². The number of hydrogen-bond donors (Lipinski definition) is 2. The van der Waals surface area contributed by atoms with Gasteiger partial charge in [-0.1, -0.05) is 12.1 Å². The quantitative estimate of drug-likeness (QED) is 0.549. The molecule has 9 nitrogen and oxygen atoms in total. The van der Waals surface area contributed by atoms with Crippen molar-refractivity contribution >= 4 is 17.5 Å². The topological polar surface area (TPSA) is 133 Å². The summed E-state index contributed by atoms with van der Waals surface area (Å²) >= 11 is 0. The largest absolute Gasteiger partial charge is 0.421 e. The molecule has 4 rings (SSSR count). The average molecular weight is 449 g/mol. The number of piperidine rings is 1. The fraction of sp³-hybridized carbons (Fsp3) is 0.261. The van der Waals surface area contributed by atoms with Crippen LogP contribution in [0.15, 0.2) is 48.9 Å². The molecule has 10 heteroatoms. The van der Waals surface area contributed by atoms with Crippen molar-refractivity contribution in [2.45, 2.75) is 19.8 Å². The minimum absolute atomic E-state index is 0.00312. The van der Waals surface area contributed by atoms with E-state index in [1.54, 1.807) is 25.3 Å². The number of amides is 1. The predicted octanol–water partition coefficient (Wildman–Crippen LogP) is 3.01. The van der Waals surface area contributed by atoms with Gasteiger partial charge in [0.2, 0.25) is 5.91 Å². The standard InChI is InChI=1S/C23H24FN7O2/c1-14-6-9-27-23(30-14)33-18-4-3-16(12-17(18)24)20-21(26)28-13-29-22(20)31-10-7-15(8-11-31)2-5-19(25)32/h2-6,9,12-13,15H,7-8,10-11H2,1H3,(H2,25,32)(H2,26,28,29). The van der Waals surface area contributed by atoms with E-state index in [1.165, 1.54) is 24.5 Å². The van der Waals surface area contributed by atoms with Gasteiger partial charge in [0.1, 0.15) is 18.0 Å². The number of hydrogen-bond acceptors (Lipinski definition) is 8. The van der Waals surface area contributed by atoms with Gasteiger partial charge < -0.3 is 21.1 Å². The zero-order chi connectivity index (χ0) is 23.4. The van der Waals surface area contributed by atoms with E-state index in [1.807, 2.05) is 6.08 Å². The molecule has 1 fully saturated rings. The van der Waals surface area contributed by atoms with Crippen molar-refractivity contribution in [2.75, 3.05) is 23.7 Å². The second-order valence-corrected chi connectivity index (χ2v) is 7.77. The Hall–Kier alpha value is -4.08. The number of primary amides is 1. The Bertz CT molecular complexity index is 1190. The van der Waals surface area contributed by atoms with Crippen molar-refractivity contribution in [1.82, 2.24) is 19.9 Å². The Morgan fingerprint density at radius 3 is 2.70 bits per heavy atom. The number of benzene rings is 1. The SMILES string of the molecule is Cc1ccnc(Oc2ccc(-c3c(N)ncnc3N3CCC(C=CC(N)=O)CC3)cc2F)n1. The van der Waals surface area contributed by atoms with Gasteiger partial charge in [-0.15, -0.1) is 0 Å². The molecule has 0 atom stereocenters. The van der Waals surface area contributed by atoms with Crippen molar-refractivity contribution in [3.05, 3.63) is 60.5 Å². The number of halogens is 1. The third-order valence-electron chi connectivity index (χ3n) is 5.42. The molecule has 1 aromatic carbocycles. The number of allylic oxidation sites excluding steroid dienone is 1. The zero-order valence-electron chi connectivity index (χ0n) is 18.1. The first-order chi connectivity index (χ1) is 15.9. The molecule has 4 N–H and O–H groups in total. The molecule has 170 valence electrons. The third-order valence-corrected chi connectivity index (χ3v) is 5.42. The molecule has 33 heavy (non-hydrogen) atoms. The lowest BCUT2D eigenvalue weighted by atomic mass is 9.95. The minimum atomic E-state index is -0.581. The van der Waals surface area contributed by atoms with Gasteiger partial charge in [0.25, 0.3) is 0 Å². The van der Waals surface area contributed by atoms with Crippen LogP contribution in [0.3, 0.4) is 0 Å². The number of nitrogens with two attached hydrogens (primary N) is 2. The second kappa shape index (κ2) is 9.60. The first-order valence-corrected chi connectivity index (χ1v) is 10.5. The Kier molecular flexibility index (Phi) is 6.43. The molecule has 3 aromatic rings. The lowest BCUT2D eigenvalue weighted by molar-refractivity contribution is -0.113. The van der Waals surface area contributed by atoms with Crippen LogP contribution in [0.25, 0.3) is 11.1 Å². The zero-order valence-corrected chi connectivity index (χ0v) is 18.1. The molecule has 0 bridgehead atoms. The van der Waals surface area contributed by atoms with Gasteiger partial charge in [0.15, 0.2) is 11.6 Å². The molecule has 0 unspecified atom stereocenters. The smallest absolute Gasteiger partial charge is 0.322 e. The van der Waals surface area contributed by atoms with Crippen molar-refractivity contribution in [3.63, 3.8) is 0 Å². The molecule has 0 spiro atoms. The molecule has 0 saturated carbocycles. The Morgan fingerprint density at radius 1 is 1.21 bits per heavy atom. The van der Waals surface area contributed by atoms with Crippen LogP contribution in [0.5, 0.6) is 11.8 Å². The van der Waals surface area contributed by atoms with Crippen LogP contribution in [0.4, 0.5) is 16.0 Å². The lowest BCUT2D eigenvalue weighted by Crippen LogP contribution is -2.34. The summed E-state index contributed by atoms with van der Waals surface area (Å²) in [6.07, 6.45) is 7.85. The highest BCUT2D eigenvalue weighted by Gasteiger charge is 2.23. The van der Waals surface area contributed by atoms with Crippen LogP contribution >= 0.6 is 0 Å². The van der Waals surface area contributed by atoms with Crippen LogP contribution < -0.4 is 21.1 Å². The molecule has 1 amide bonds. The van der Waals surface area contributed by atoms with Crippen molar-refractivity contribution in [2.24, 2.45) is 11.7 Å². The maximum Gasteiger partial charge on any atom is 0.322 e. The van der Waals surface area contributed by atoms with Gasteiger partial charge in [-0.05, 0) is 55.5 Å². The molecule has 0 aliphatic carbocycles.